The molecule has 0 saturated carbocycles. The van der Waals surface area contributed by atoms with Gasteiger partial charge < -0.3 is 9.52 Å². The van der Waals surface area contributed by atoms with Crippen molar-refractivity contribution >= 4 is 34.6 Å². The van der Waals surface area contributed by atoms with Gasteiger partial charge in [0.1, 0.15) is 11.5 Å². The molecule has 1 aliphatic rings. The summed E-state index contributed by atoms with van der Waals surface area (Å²) in [6.45, 7) is 4.01. The summed E-state index contributed by atoms with van der Waals surface area (Å²) >= 11 is 1.34. The van der Waals surface area contributed by atoms with Crippen molar-refractivity contribution in [2.24, 2.45) is 4.99 Å². The number of aliphatic imine (C=N–C) groups is 1. The molecule has 6 heteroatoms. The first-order valence-electron chi connectivity index (χ1n) is 9.19. The van der Waals surface area contributed by atoms with Gasteiger partial charge in [0.05, 0.1) is 23.4 Å². The highest BCUT2D eigenvalue weighted by Gasteiger charge is 2.34. The fourth-order valence-electron chi connectivity index (χ4n) is 3.13. The van der Waals surface area contributed by atoms with Crippen LogP contribution in [0.3, 0.4) is 0 Å². The Kier molecular flexibility index (Phi) is 5.27. The van der Waals surface area contributed by atoms with E-state index >= 15 is 0 Å². The molecular formula is C23H20N2O3S. The van der Waals surface area contributed by atoms with Gasteiger partial charge in [-0.05, 0) is 84.8 Å². The maximum absolute atomic E-state index is 13.1. The summed E-state index contributed by atoms with van der Waals surface area (Å²) in [6.07, 6.45) is 3.44. The number of furan rings is 1. The van der Waals surface area contributed by atoms with Crippen molar-refractivity contribution in [2.45, 2.75) is 20.4 Å². The van der Waals surface area contributed by atoms with E-state index < -0.39 is 0 Å². The van der Waals surface area contributed by atoms with Crippen LogP contribution in [0.25, 0.3) is 6.08 Å². The molecule has 0 atom stereocenters. The minimum Gasteiger partial charge on any atom is -0.507 e. The van der Waals surface area contributed by atoms with E-state index in [0.717, 1.165) is 22.4 Å². The van der Waals surface area contributed by atoms with Crippen molar-refractivity contribution in [3.8, 4) is 5.75 Å². The Balaban J connectivity index is 1.71. The van der Waals surface area contributed by atoms with E-state index in [1.807, 2.05) is 68.5 Å². The second-order valence-corrected chi connectivity index (χ2v) is 7.82. The highest BCUT2D eigenvalue weighted by molar-refractivity contribution is 8.18. The normalized spacial score (nSPS) is 16.9. The Labute approximate surface area is 173 Å². The molecule has 1 N–H and O–H groups in total. The van der Waals surface area contributed by atoms with E-state index in [0.29, 0.717) is 22.4 Å². The van der Waals surface area contributed by atoms with Crippen LogP contribution in [0.1, 0.15) is 22.5 Å². The zero-order chi connectivity index (χ0) is 20.4. The Morgan fingerprint density at radius 1 is 1.10 bits per heavy atom. The summed E-state index contributed by atoms with van der Waals surface area (Å²) in [5, 5.41) is 10.6. The molecule has 1 amide bonds. The predicted octanol–water partition coefficient (Wildman–Crippen LogP) is 5.41. The minimum atomic E-state index is -0.121. The molecule has 0 unspecified atom stereocenters. The maximum atomic E-state index is 13.1. The monoisotopic (exact) mass is 404 g/mol. The number of carbonyl (C=O) groups is 1. The van der Waals surface area contributed by atoms with Crippen LogP contribution in [0, 0.1) is 13.8 Å². The fraction of sp³-hybridized carbons (Fsp3) is 0.130. The smallest absolute Gasteiger partial charge is 0.267 e. The lowest BCUT2D eigenvalue weighted by molar-refractivity contribution is -0.122. The van der Waals surface area contributed by atoms with Gasteiger partial charge >= 0.3 is 0 Å². The quantitative estimate of drug-likeness (QED) is 0.591. The van der Waals surface area contributed by atoms with Crippen LogP contribution in [0.2, 0.25) is 0 Å². The molecule has 29 heavy (non-hydrogen) atoms. The molecule has 0 radical (unpaired) electrons. The lowest BCUT2D eigenvalue weighted by Gasteiger charge is -2.13. The Hall–Kier alpha value is -3.25. The molecule has 1 aromatic heterocycles. The number of carbonyl (C=O) groups excluding carboxylic acids is 1. The summed E-state index contributed by atoms with van der Waals surface area (Å²) in [4.78, 5) is 20.0. The Bertz CT molecular complexity index is 1080. The summed E-state index contributed by atoms with van der Waals surface area (Å²) < 4.78 is 5.44. The van der Waals surface area contributed by atoms with Crippen LogP contribution in [0.4, 0.5) is 5.69 Å². The second kappa shape index (κ2) is 8.01. The van der Waals surface area contributed by atoms with Gasteiger partial charge in [-0.3, -0.25) is 9.69 Å². The van der Waals surface area contributed by atoms with Crippen molar-refractivity contribution in [3.05, 3.63) is 88.2 Å². The van der Waals surface area contributed by atoms with E-state index in [4.69, 9.17) is 4.42 Å². The van der Waals surface area contributed by atoms with E-state index in [1.165, 1.54) is 11.8 Å². The van der Waals surface area contributed by atoms with Gasteiger partial charge in [0, 0.05) is 0 Å². The number of phenolic OH excluding ortho intramolecular Hbond substituents is 1. The maximum Gasteiger partial charge on any atom is 0.267 e. The van der Waals surface area contributed by atoms with Gasteiger partial charge in [-0.15, -0.1) is 0 Å². The summed E-state index contributed by atoms with van der Waals surface area (Å²) in [5.74, 6) is 0.852. The molecule has 5 nitrogen and oxygen atoms in total. The molecule has 3 aromatic rings. The molecule has 2 heterocycles. The van der Waals surface area contributed by atoms with E-state index in [2.05, 4.69) is 4.99 Å². The number of hydrogen-bond donors (Lipinski definition) is 1. The van der Waals surface area contributed by atoms with Crippen LogP contribution in [-0.4, -0.2) is 21.1 Å². The number of phenols is 1. The molecule has 1 aliphatic heterocycles. The van der Waals surface area contributed by atoms with E-state index in [-0.39, 0.29) is 11.7 Å². The average molecular weight is 404 g/mol. The number of benzene rings is 2. The van der Waals surface area contributed by atoms with Crippen molar-refractivity contribution in [2.75, 3.05) is 0 Å². The zero-order valence-electron chi connectivity index (χ0n) is 16.1. The van der Waals surface area contributed by atoms with Gasteiger partial charge in [-0.25, -0.2) is 4.99 Å². The number of amides is 1. The lowest BCUT2D eigenvalue weighted by Crippen LogP contribution is -2.28. The van der Waals surface area contributed by atoms with Crippen molar-refractivity contribution in [1.82, 2.24) is 4.90 Å². The SMILES string of the molecule is Cc1cc(C=C2SC(=Nc3ccccc3)N(Cc3ccco3)C2=O)cc(C)c1O. The molecule has 2 aromatic carbocycles. The van der Waals surface area contributed by atoms with Gasteiger partial charge in [0.15, 0.2) is 5.17 Å². The lowest BCUT2D eigenvalue weighted by atomic mass is 10.1. The topological polar surface area (TPSA) is 66.0 Å². The zero-order valence-corrected chi connectivity index (χ0v) is 16.9. The van der Waals surface area contributed by atoms with Gasteiger partial charge in [0.2, 0.25) is 0 Å². The molecule has 4 rings (SSSR count). The molecule has 1 fully saturated rings. The van der Waals surface area contributed by atoms with Crippen molar-refractivity contribution in [1.29, 1.82) is 0 Å². The largest absolute Gasteiger partial charge is 0.507 e. The third kappa shape index (κ3) is 4.12. The number of amidine groups is 1. The first kappa shape index (κ1) is 19.1. The third-order valence-corrected chi connectivity index (χ3v) is 5.58. The predicted molar refractivity (Wildman–Crippen MR) is 116 cm³/mol. The van der Waals surface area contributed by atoms with Gasteiger partial charge in [0.25, 0.3) is 5.91 Å². The highest BCUT2D eigenvalue weighted by Crippen LogP contribution is 2.36. The number of para-hydroxylation sites is 1. The van der Waals surface area contributed by atoms with Crippen LogP contribution < -0.4 is 0 Å². The van der Waals surface area contributed by atoms with E-state index in [1.54, 1.807) is 17.2 Å². The van der Waals surface area contributed by atoms with Crippen LogP contribution in [0.15, 0.2) is 75.2 Å². The number of hydrogen-bond acceptors (Lipinski definition) is 5. The van der Waals surface area contributed by atoms with Crippen LogP contribution in [0.5, 0.6) is 5.75 Å². The highest BCUT2D eigenvalue weighted by atomic mass is 32.2. The number of rotatable bonds is 4. The number of aromatic hydroxyl groups is 1. The number of aryl methyl sites for hydroxylation is 2. The summed E-state index contributed by atoms with van der Waals surface area (Å²) in [7, 11) is 0. The second-order valence-electron chi connectivity index (χ2n) is 6.81. The number of thioether (sulfide) groups is 1. The molecular weight excluding hydrogens is 384 g/mol. The third-order valence-electron chi connectivity index (χ3n) is 4.57. The molecule has 0 aliphatic carbocycles. The summed E-state index contributed by atoms with van der Waals surface area (Å²) in [6, 6.07) is 16.9. The Morgan fingerprint density at radius 2 is 1.83 bits per heavy atom. The van der Waals surface area contributed by atoms with E-state index in [9.17, 15) is 9.90 Å². The van der Waals surface area contributed by atoms with Crippen molar-refractivity contribution < 1.29 is 14.3 Å². The summed E-state index contributed by atoms with van der Waals surface area (Å²) in [5.41, 5.74) is 3.20. The first-order chi connectivity index (χ1) is 14.0. The standard InChI is InChI=1S/C23H20N2O3S/c1-15-11-17(12-16(2)21(15)26)13-20-22(27)25(14-19-9-6-10-28-19)23(29-20)24-18-7-4-3-5-8-18/h3-13,26H,14H2,1-2H3. The van der Waals surface area contributed by atoms with Crippen LogP contribution >= 0.6 is 11.8 Å². The van der Waals surface area contributed by atoms with Crippen molar-refractivity contribution in [3.63, 3.8) is 0 Å². The molecule has 0 spiro atoms. The molecule has 1 saturated heterocycles. The first-order valence-corrected chi connectivity index (χ1v) is 10.0. The molecule has 146 valence electrons. The van der Waals surface area contributed by atoms with Gasteiger partial charge in [-0.1, -0.05) is 18.2 Å². The minimum absolute atomic E-state index is 0.121. The molecule has 0 bridgehead atoms. The fourth-order valence-corrected chi connectivity index (χ4v) is 4.12. The van der Waals surface area contributed by atoms with Crippen LogP contribution in [-0.2, 0) is 11.3 Å². The average Bonchev–Trinajstić information content (AvgIpc) is 3.31. The van der Waals surface area contributed by atoms with Gasteiger partial charge in [-0.2, -0.15) is 0 Å². The number of nitrogens with zero attached hydrogens (tertiary/aromatic N) is 2. The Morgan fingerprint density at radius 3 is 2.48 bits per heavy atom.